The van der Waals surface area contributed by atoms with Crippen LogP contribution in [0.1, 0.15) is 62.2 Å². The summed E-state index contributed by atoms with van der Waals surface area (Å²) in [5.74, 6) is -0.574. The Morgan fingerprint density at radius 1 is 1.32 bits per heavy atom. The summed E-state index contributed by atoms with van der Waals surface area (Å²) in [5.41, 5.74) is 5.43. The summed E-state index contributed by atoms with van der Waals surface area (Å²) in [7, 11) is 0. The van der Waals surface area contributed by atoms with Gasteiger partial charge < -0.3 is 21.7 Å². The molecule has 2 aromatic rings. The van der Waals surface area contributed by atoms with Crippen LogP contribution in [0.3, 0.4) is 0 Å². The molecule has 3 heterocycles. The van der Waals surface area contributed by atoms with Crippen LogP contribution in [0.5, 0.6) is 0 Å². The quantitative estimate of drug-likeness (QED) is 0.405. The molecular weight excluding hydrogens is 449 g/mol. The van der Waals surface area contributed by atoms with Crippen LogP contribution in [-0.2, 0) is 11.0 Å². The maximum absolute atomic E-state index is 13.5. The Labute approximate surface area is 196 Å². The van der Waals surface area contributed by atoms with Crippen molar-refractivity contribution in [3.05, 3.63) is 23.7 Å². The third-order valence-corrected chi connectivity index (χ3v) is 6.90. The van der Waals surface area contributed by atoms with Crippen LogP contribution in [0.25, 0.3) is 0 Å². The first kappa shape index (κ1) is 24.2. The second-order valence-corrected chi connectivity index (χ2v) is 9.20. The van der Waals surface area contributed by atoms with Gasteiger partial charge >= 0.3 is 6.18 Å². The summed E-state index contributed by atoms with van der Waals surface area (Å²) in [6.45, 7) is 3.91. The molecular formula is C22H31F3N8O. The fourth-order valence-electron chi connectivity index (χ4n) is 4.62. The number of piperidine rings is 1. The van der Waals surface area contributed by atoms with Crippen molar-refractivity contribution in [1.29, 1.82) is 0 Å². The van der Waals surface area contributed by atoms with Crippen LogP contribution in [0.2, 0.25) is 0 Å². The first-order valence-corrected chi connectivity index (χ1v) is 11.7. The van der Waals surface area contributed by atoms with Crippen molar-refractivity contribution >= 4 is 23.4 Å². The standard InChI is InChI=1S/C22H31F3N8O/c1-14-17(13-33(32-14)15-4-10-27-11-5-15)30-20-29-12-16(22(23,24)25)18(31-20)28-9-3-8-21(19(26)34)6-2-7-21/h12-13,15,27H,2-11H2,1H3,(H2,26,34)(H2,28,29,30,31). The van der Waals surface area contributed by atoms with Gasteiger partial charge in [0.2, 0.25) is 11.9 Å². The third-order valence-electron chi connectivity index (χ3n) is 6.90. The molecule has 1 amide bonds. The first-order chi connectivity index (χ1) is 16.2. The highest BCUT2D eigenvalue weighted by Crippen LogP contribution is 2.44. The van der Waals surface area contributed by atoms with Gasteiger partial charge in [-0.2, -0.15) is 23.3 Å². The lowest BCUT2D eigenvalue weighted by Gasteiger charge is -2.38. The van der Waals surface area contributed by atoms with Crippen molar-refractivity contribution in [2.75, 3.05) is 30.3 Å². The van der Waals surface area contributed by atoms with Gasteiger partial charge in [-0.15, -0.1) is 0 Å². The zero-order chi connectivity index (χ0) is 24.3. The van der Waals surface area contributed by atoms with Gasteiger partial charge in [-0.1, -0.05) is 6.42 Å². The van der Waals surface area contributed by atoms with E-state index in [2.05, 4.69) is 31.0 Å². The molecule has 0 spiro atoms. The highest BCUT2D eigenvalue weighted by Gasteiger charge is 2.42. The predicted octanol–water partition coefficient (Wildman–Crippen LogP) is 3.52. The minimum atomic E-state index is -4.60. The molecule has 2 aliphatic rings. The lowest BCUT2D eigenvalue weighted by molar-refractivity contribution is -0.137. The molecule has 9 nitrogen and oxygen atoms in total. The molecule has 0 bridgehead atoms. The van der Waals surface area contributed by atoms with E-state index in [1.54, 1.807) is 0 Å². The summed E-state index contributed by atoms with van der Waals surface area (Å²) in [6, 6.07) is 0.278. The Morgan fingerprint density at radius 2 is 2.06 bits per heavy atom. The van der Waals surface area contributed by atoms with Crippen LogP contribution in [0.4, 0.5) is 30.6 Å². The molecule has 12 heteroatoms. The molecule has 1 aliphatic heterocycles. The van der Waals surface area contributed by atoms with Gasteiger partial charge in [0.25, 0.3) is 0 Å². The normalized spacial score (nSPS) is 18.4. The molecule has 2 aromatic heterocycles. The van der Waals surface area contributed by atoms with Gasteiger partial charge in [-0.05, 0) is 58.5 Å². The first-order valence-electron chi connectivity index (χ1n) is 11.7. The van der Waals surface area contributed by atoms with E-state index in [4.69, 9.17) is 5.73 Å². The van der Waals surface area contributed by atoms with E-state index in [0.717, 1.165) is 51.4 Å². The highest BCUT2D eigenvalue weighted by molar-refractivity contribution is 5.81. The number of carbonyl (C=O) groups is 1. The lowest BCUT2D eigenvalue weighted by atomic mass is 9.65. The van der Waals surface area contributed by atoms with E-state index in [0.29, 0.717) is 24.2 Å². The monoisotopic (exact) mass is 480 g/mol. The number of hydrogen-bond donors (Lipinski definition) is 4. The van der Waals surface area contributed by atoms with E-state index in [1.807, 2.05) is 17.8 Å². The molecule has 0 unspecified atom stereocenters. The molecule has 186 valence electrons. The van der Waals surface area contributed by atoms with Gasteiger partial charge in [0.05, 0.1) is 17.4 Å². The maximum Gasteiger partial charge on any atom is 0.421 e. The second-order valence-electron chi connectivity index (χ2n) is 9.20. The number of hydrogen-bond acceptors (Lipinski definition) is 7. The number of nitrogens with one attached hydrogen (secondary N) is 3. The average molecular weight is 481 g/mol. The van der Waals surface area contributed by atoms with Gasteiger partial charge in [0.15, 0.2) is 0 Å². The average Bonchev–Trinajstić information content (AvgIpc) is 3.12. The maximum atomic E-state index is 13.5. The summed E-state index contributed by atoms with van der Waals surface area (Å²) >= 11 is 0. The van der Waals surface area contributed by atoms with E-state index < -0.39 is 17.2 Å². The molecule has 34 heavy (non-hydrogen) atoms. The van der Waals surface area contributed by atoms with Crippen LogP contribution in [0.15, 0.2) is 12.4 Å². The van der Waals surface area contributed by atoms with Crippen molar-refractivity contribution in [3.63, 3.8) is 0 Å². The van der Waals surface area contributed by atoms with Crippen molar-refractivity contribution in [3.8, 4) is 0 Å². The summed E-state index contributed by atoms with van der Waals surface area (Å²) in [5, 5.41) is 13.7. The van der Waals surface area contributed by atoms with E-state index >= 15 is 0 Å². The van der Waals surface area contributed by atoms with E-state index in [9.17, 15) is 18.0 Å². The van der Waals surface area contributed by atoms with Crippen LogP contribution in [-0.4, -0.2) is 45.3 Å². The number of carbonyl (C=O) groups excluding carboxylic acids is 1. The SMILES string of the molecule is Cc1nn(C2CCNCC2)cc1Nc1ncc(C(F)(F)F)c(NCCCC2(C(N)=O)CCC2)n1. The zero-order valence-electron chi connectivity index (χ0n) is 19.2. The highest BCUT2D eigenvalue weighted by atomic mass is 19.4. The van der Waals surface area contributed by atoms with Crippen LogP contribution >= 0.6 is 0 Å². The zero-order valence-corrected chi connectivity index (χ0v) is 19.2. The number of aryl methyl sites for hydroxylation is 1. The van der Waals surface area contributed by atoms with Gasteiger partial charge in [-0.25, -0.2) is 4.98 Å². The minimum Gasteiger partial charge on any atom is -0.369 e. The topological polar surface area (TPSA) is 123 Å². The fraction of sp³-hybridized carbons (Fsp3) is 0.636. The predicted molar refractivity (Wildman–Crippen MR) is 122 cm³/mol. The Balaban J connectivity index is 1.45. The fourth-order valence-corrected chi connectivity index (χ4v) is 4.62. The molecule has 0 radical (unpaired) electrons. The number of alkyl halides is 3. The molecule has 5 N–H and O–H groups in total. The van der Waals surface area contributed by atoms with Crippen molar-refractivity contribution in [1.82, 2.24) is 25.1 Å². The number of primary amides is 1. The van der Waals surface area contributed by atoms with Gasteiger partial charge in [0.1, 0.15) is 11.4 Å². The number of nitrogens with zero attached hydrogens (tertiary/aromatic N) is 4. The van der Waals surface area contributed by atoms with Gasteiger partial charge in [0, 0.05) is 24.4 Å². The Kier molecular flexibility index (Phi) is 6.96. The van der Waals surface area contributed by atoms with Crippen molar-refractivity contribution in [2.45, 2.75) is 64.1 Å². The number of aromatic nitrogens is 4. The van der Waals surface area contributed by atoms with Crippen molar-refractivity contribution < 1.29 is 18.0 Å². The molecule has 4 rings (SSSR count). The number of rotatable bonds is 9. The molecule has 0 atom stereocenters. The Hall–Kier alpha value is -2.89. The molecule has 0 aromatic carbocycles. The minimum absolute atomic E-state index is 0.0519. The molecule has 2 fully saturated rings. The van der Waals surface area contributed by atoms with Crippen LogP contribution in [0, 0.1) is 12.3 Å². The van der Waals surface area contributed by atoms with E-state index in [-0.39, 0.29) is 30.3 Å². The summed E-state index contributed by atoms with van der Waals surface area (Å²) < 4.78 is 42.5. The third kappa shape index (κ3) is 5.26. The lowest BCUT2D eigenvalue weighted by Crippen LogP contribution is -2.42. The van der Waals surface area contributed by atoms with Gasteiger partial charge in [-0.3, -0.25) is 9.48 Å². The van der Waals surface area contributed by atoms with Crippen LogP contribution < -0.4 is 21.7 Å². The smallest absolute Gasteiger partial charge is 0.369 e. The number of amides is 1. The number of anilines is 3. The number of halogens is 3. The number of nitrogens with two attached hydrogens (primary N) is 1. The Bertz CT molecular complexity index is 1010. The Morgan fingerprint density at radius 3 is 2.68 bits per heavy atom. The largest absolute Gasteiger partial charge is 0.421 e. The van der Waals surface area contributed by atoms with E-state index in [1.165, 1.54) is 0 Å². The summed E-state index contributed by atoms with van der Waals surface area (Å²) in [4.78, 5) is 19.7. The second kappa shape index (κ2) is 9.77. The molecule has 1 saturated heterocycles. The molecule has 1 aliphatic carbocycles. The molecule has 1 saturated carbocycles. The summed E-state index contributed by atoms with van der Waals surface area (Å²) in [6.07, 6.45) is 3.43. The van der Waals surface area contributed by atoms with Crippen molar-refractivity contribution in [2.24, 2.45) is 11.1 Å².